The third-order valence-corrected chi connectivity index (χ3v) is 4.86. The van der Waals surface area contributed by atoms with Gasteiger partial charge in [0.15, 0.2) is 0 Å². The van der Waals surface area contributed by atoms with Gasteiger partial charge in [-0.05, 0) is 38.0 Å². The molecular formula is C16H30N2O. The van der Waals surface area contributed by atoms with E-state index in [0.29, 0.717) is 5.91 Å². The lowest BCUT2D eigenvalue weighted by Gasteiger charge is -2.30. The van der Waals surface area contributed by atoms with Gasteiger partial charge >= 0.3 is 0 Å². The molecule has 0 radical (unpaired) electrons. The second-order valence-electron chi connectivity index (χ2n) is 6.65. The smallest absolute Gasteiger partial charge is 0.240 e. The van der Waals surface area contributed by atoms with E-state index in [9.17, 15) is 4.79 Å². The van der Waals surface area contributed by atoms with E-state index in [1.54, 1.807) is 0 Å². The summed E-state index contributed by atoms with van der Waals surface area (Å²) in [5.41, 5.74) is 0. The van der Waals surface area contributed by atoms with Gasteiger partial charge in [0.2, 0.25) is 5.91 Å². The van der Waals surface area contributed by atoms with E-state index in [1.807, 2.05) is 6.92 Å². The third-order valence-electron chi connectivity index (χ3n) is 4.86. The standard InChI is InChI=1S/C16H30N2O/c1-4-6-15-17-13(3)16(19)18(15)10-9-14-8-5-7-12(2)11-14/h12-15,17H,4-11H2,1-3H3. The monoisotopic (exact) mass is 266 g/mol. The van der Waals surface area contributed by atoms with Crippen LogP contribution >= 0.6 is 0 Å². The van der Waals surface area contributed by atoms with Crippen LogP contribution in [-0.4, -0.2) is 29.6 Å². The topological polar surface area (TPSA) is 32.3 Å². The Morgan fingerprint density at radius 3 is 2.74 bits per heavy atom. The first-order valence-electron chi connectivity index (χ1n) is 8.18. The summed E-state index contributed by atoms with van der Waals surface area (Å²) in [6.07, 6.45) is 9.21. The van der Waals surface area contributed by atoms with Crippen molar-refractivity contribution in [3.05, 3.63) is 0 Å². The van der Waals surface area contributed by atoms with Crippen molar-refractivity contribution in [1.82, 2.24) is 10.2 Å². The van der Waals surface area contributed by atoms with Crippen LogP contribution in [0.15, 0.2) is 0 Å². The van der Waals surface area contributed by atoms with E-state index < -0.39 is 0 Å². The highest BCUT2D eigenvalue weighted by Gasteiger charge is 2.35. The Balaban J connectivity index is 1.84. The summed E-state index contributed by atoms with van der Waals surface area (Å²) < 4.78 is 0. The van der Waals surface area contributed by atoms with Crippen LogP contribution in [0.4, 0.5) is 0 Å². The van der Waals surface area contributed by atoms with E-state index in [1.165, 1.54) is 32.1 Å². The number of hydrogen-bond acceptors (Lipinski definition) is 2. The number of rotatable bonds is 5. The summed E-state index contributed by atoms with van der Waals surface area (Å²) in [5, 5.41) is 3.43. The SMILES string of the molecule is CCCC1NC(C)C(=O)N1CCC1CCCC(C)C1. The quantitative estimate of drug-likeness (QED) is 0.829. The number of hydrogen-bond donors (Lipinski definition) is 1. The van der Waals surface area contributed by atoms with Crippen molar-refractivity contribution < 1.29 is 4.79 Å². The fourth-order valence-corrected chi connectivity index (χ4v) is 3.77. The molecule has 3 nitrogen and oxygen atoms in total. The number of carbonyl (C=O) groups is 1. The number of nitrogens with zero attached hydrogens (tertiary/aromatic N) is 1. The van der Waals surface area contributed by atoms with Crippen molar-refractivity contribution in [3.8, 4) is 0 Å². The van der Waals surface area contributed by atoms with Gasteiger partial charge in [-0.3, -0.25) is 10.1 Å². The van der Waals surface area contributed by atoms with E-state index in [0.717, 1.165) is 31.2 Å². The van der Waals surface area contributed by atoms with Crippen molar-refractivity contribution in [2.45, 2.75) is 77.9 Å². The molecule has 0 aromatic heterocycles. The van der Waals surface area contributed by atoms with Gasteiger partial charge in [-0.15, -0.1) is 0 Å². The van der Waals surface area contributed by atoms with Crippen LogP contribution in [0.3, 0.4) is 0 Å². The molecule has 1 heterocycles. The second-order valence-corrected chi connectivity index (χ2v) is 6.65. The molecule has 1 saturated heterocycles. The van der Waals surface area contributed by atoms with Crippen molar-refractivity contribution in [3.63, 3.8) is 0 Å². The van der Waals surface area contributed by atoms with Crippen LogP contribution in [0.5, 0.6) is 0 Å². The van der Waals surface area contributed by atoms with Crippen molar-refractivity contribution in [2.75, 3.05) is 6.54 Å². The molecule has 0 bridgehead atoms. The first-order valence-corrected chi connectivity index (χ1v) is 8.18. The lowest BCUT2D eigenvalue weighted by molar-refractivity contribution is -0.130. The number of carbonyl (C=O) groups excluding carboxylic acids is 1. The predicted molar refractivity (Wildman–Crippen MR) is 78.7 cm³/mol. The maximum absolute atomic E-state index is 12.2. The van der Waals surface area contributed by atoms with E-state index >= 15 is 0 Å². The summed E-state index contributed by atoms with van der Waals surface area (Å²) in [7, 11) is 0. The molecule has 2 fully saturated rings. The summed E-state index contributed by atoms with van der Waals surface area (Å²) in [6, 6.07) is 0.0156. The van der Waals surface area contributed by atoms with Gasteiger partial charge in [0.1, 0.15) is 0 Å². The second kappa shape index (κ2) is 6.74. The zero-order valence-electron chi connectivity index (χ0n) is 12.8. The Hall–Kier alpha value is -0.570. The molecule has 4 unspecified atom stereocenters. The summed E-state index contributed by atoms with van der Waals surface area (Å²) >= 11 is 0. The fraction of sp³-hybridized carbons (Fsp3) is 0.938. The molecule has 3 heteroatoms. The fourth-order valence-electron chi connectivity index (χ4n) is 3.77. The lowest BCUT2D eigenvalue weighted by atomic mass is 9.81. The lowest BCUT2D eigenvalue weighted by Crippen LogP contribution is -2.38. The molecule has 0 aromatic carbocycles. The molecule has 1 aliphatic carbocycles. The average molecular weight is 266 g/mol. The zero-order valence-corrected chi connectivity index (χ0v) is 12.8. The third kappa shape index (κ3) is 3.71. The van der Waals surface area contributed by atoms with Crippen LogP contribution < -0.4 is 5.32 Å². The number of amides is 1. The summed E-state index contributed by atoms with van der Waals surface area (Å²) in [6.45, 7) is 7.51. The normalized spacial score (nSPS) is 35.9. The molecule has 110 valence electrons. The maximum Gasteiger partial charge on any atom is 0.240 e. The minimum atomic E-state index is 0.0156. The summed E-state index contributed by atoms with van der Waals surface area (Å²) in [4.78, 5) is 14.3. The Labute approximate surface area is 118 Å². The van der Waals surface area contributed by atoms with Crippen LogP contribution in [0.1, 0.15) is 65.7 Å². The molecule has 2 rings (SSSR count). The molecule has 19 heavy (non-hydrogen) atoms. The van der Waals surface area contributed by atoms with Gasteiger partial charge < -0.3 is 4.90 Å². The van der Waals surface area contributed by atoms with E-state index in [-0.39, 0.29) is 12.2 Å². The van der Waals surface area contributed by atoms with Crippen LogP contribution in [0.25, 0.3) is 0 Å². The van der Waals surface area contributed by atoms with Gasteiger partial charge in [-0.25, -0.2) is 0 Å². The van der Waals surface area contributed by atoms with E-state index in [4.69, 9.17) is 0 Å². The highest BCUT2D eigenvalue weighted by molar-refractivity contribution is 5.83. The molecule has 1 amide bonds. The molecule has 0 spiro atoms. The summed E-state index contributed by atoms with van der Waals surface area (Å²) in [5.74, 6) is 2.04. The van der Waals surface area contributed by atoms with Crippen molar-refractivity contribution in [2.24, 2.45) is 11.8 Å². The minimum absolute atomic E-state index is 0.0156. The average Bonchev–Trinajstić information content (AvgIpc) is 2.63. The Kier molecular flexibility index (Phi) is 5.26. The molecule has 1 N–H and O–H groups in total. The molecule has 1 aliphatic heterocycles. The van der Waals surface area contributed by atoms with Crippen LogP contribution in [0.2, 0.25) is 0 Å². The Morgan fingerprint density at radius 1 is 1.26 bits per heavy atom. The van der Waals surface area contributed by atoms with Crippen LogP contribution in [0, 0.1) is 11.8 Å². The minimum Gasteiger partial charge on any atom is -0.326 e. The van der Waals surface area contributed by atoms with Gasteiger partial charge in [0.05, 0.1) is 12.2 Å². The largest absolute Gasteiger partial charge is 0.326 e. The molecule has 0 aromatic rings. The molecule has 1 saturated carbocycles. The maximum atomic E-state index is 12.2. The van der Waals surface area contributed by atoms with Gasteiger partial charge in [0.25, 0.3) is 0 Å². The Morgan fingerprint density at radius 2 is 2.05 bits per heavy atom. The predicted octanol–water partition coefficient (Wildman–Crippen LogP) is 3.15. The van der Waals surface area contributed by atoms with Gasteiger partial charge in [-0.2, -0.15) is 0 Å². The van der Waals surface area contributed by atoms with Crippen molar-refractivity contribution in [1.29, 1.82) is 0 Å². The highest BCUT2D eigenvalue weighted by atomic mass is 16.2. The van der Waals surface area contributed by atoms with Gasteiger partial charge in [-0.1, -0.05) is 39.5 Å². The molecule has 2 aliphatic rings. The first-order chi connectivity index (χ1) is 9.11. The first kappa shape index (κ1) is 14.8. The van der Waals surface area contributed by atoms with Gasteiger partial charge in [0, 0.05) is 6.54 Å². The van der Waals surface area contributed by atoms with Crippen LogP contribution in [-0.2, 0) is 4.79 Å². The Bertz CT molecular complexity index is 305. The molecule has 4 atom stereocenters. The molecular weight excluding hydrogens is 236 g/mol. The highest BCUT2D eigenvalue weighted by Crippen LogP contribution is 2.31. The van der Waals surface area contributed by atoms with E-state index in [2.05, 4.69) is 24.1 Å². The van der Waals surface area contributed by atoms with Crippen molar-refractivity contribution >= 4 is 5.91 Å². The number of nitrogens with one attached hydrogen (secondary N) is 1. The zero-order chi connectivity index (χ0) is 13.8.